The predicted octanol–water partition coefficient (Wildman–Crippen LogP) is 3.67. The Hall–Kier alpha value is -1.76. The van der Waals surface area contributed by atoms with E-state index in [9.17, 15) is 8.42 Å². The molecule has 0 spiro atoms. The number of nitrogen functional groups attached to an aromatic ring is 1. The molecule has 3 N–H and O–H groups in total. The van der Waals surface area contributed by atoms with Gasteiger partial charge in [0.1, 0.15) is 10.6 Å². The van der Waals surface area contributed by atoms with Crippen LogP contribution in [0.1, 0.15) is 41.1 Å². The first kappa shape index (κ1) is 20.6. The van der Waals surface area contributed by atoms with E-state index in [0.29, 0.717) is 17.0 Å². The lowest BCUT2D eigenvalue weighted by Crippen LogP contribution is -2.31. The van der Waals surface area contributed by atoms with Crippen LogP contribution < -0.4 is 15.2 Å². The van der Waals surface area contributed by atoms with Crippen molar-refractivity contribution >= 4 is 28.1 Å². The summed E-state index contributed by atoms with van der Waals surface area (Å²) in [6.07, 6.45) is 2.61. The highest BCUT2D eigenvalue weighted by Crippen LogP contribution is 2.34. The molecule has 5 nitrogen and oxygen atoms in total. The number of methoxy groups -OCH3 is 1. The maximum Gasteiger partial charge on any atom is 0.245 e. The molecule has 2 aromatic rings. The lowest BCUT2D eigenvalue weighted by Gasteiger charge is -2.27. The van der Waals surface area contributed by atoms with Crippen molar-refractivity contribution in [3.8, 4) is 5.75 Å². The average Bonchev–Trinajstić information content (AvgIpc) is 2.53. The van der Waals surface area contributed by atoms with E-state index in [-0.39, 0.29) is 23.3 Å². The minimum atomic E-state index is -3.71. The van der Waals surface area contributed by atoms with Crippen LogP contribution in [0.3, 0.4) is 0 Å². The van der Waals surface area contributed by atoms with Crippen molar-refractivity contribution in [3.05, 3.63) is 52.6 Å². The van der Waals surface area contributed by atoms with E-state index in [1.807, 2.05) is 31.2 Å². The Labute approximate surface area is 161 Å². The maximum absolute atomic E-state index is 13.1. The van der Waals surface area contributed by atoms with Gasteiger partial charge in [-0.1, -0.05) is 12.1 Å². The third kappa shape index (κ3) is 3.98. The standard InChI is InChI=1S/C19H24N2O3S.ClH/c1-12-9-13(2)19(18(10-12)24-3)25(22,23)21-17-6-4-5-14-11-15(20)7-8-16(14)17;/h7-11,17,21H,4-6,20H2,1-3H3;1H. The van der Waals surface area contributed by atoms with Crippen LogP contribution in [0.2, 0.25) is 0 Å². The number of hydrogen-bond donors (Lipinski definition) is 2. The molecular formula is C19H25ClN2O3S. The van der Waals surface area contributed by atoms with Crippen LogP contribution in [0, 0.1) is 13.8 Å². The van der Waals surface area contributed by atoms with Gasteiger partial charge in [-0.05, 0) is 73.6 Å². The largest absolute Gasteiger partial charge is 0.495 e. The number of nitrogens with two attached hydrogens (primary N) is 1. The lowest BCUT2D eigenvalue weighted by molar-refractivity contribution is 0.400. The molecule has 0 aliphatic heterocycles. The molecule has 0 bridgehead atoms. The quantitative estimate of drug-likeness (QED) is 0.772. The number of fused-ring (bicyclic) bond motifs is 1. The number of ether oxygens (including phenoxy) is 1. The molecule has 1 unspecified atom stereocenters. The summed E-state index contributed by atoms with van der Waals surface area (Å²) in [5.41, 5.74) is 10.3. The fraction of sp³-hybridized carbons (Fsp3) is 0.368. The van der Waals surface area contributed by atoms with Gasteiger partial charge >= 0.3 is 0 Å². The number of nitrogens with one attached hydrogen (secondary N) is 1. The summed E-state index contributed by atoms with van der Waals surface area (Å²) >= 11 is 0. The molecule has 0 saturated carbocycles. The van der Waals surface area contributed by atoms with Crippen LogP contribution in [0.4, 0.5) is 5.69 Å². The second-order valence-corrected chi connectivity index (χ2v) is 8.29. The topological polar surface area (TPSA) is 81.4 Å². The van der Waals surface area contributed by atoms with Crippen molar-refractivity contribution in [2.45, 2.75) is 44.0 Å². The maximum atomic E-state index is 13.1. The zero-order valence-corrected chi connectivity index (χ0v) is 16.8. The van der Waals surface area contributed by atoms with Gasteiger partial charge < -0.3 is 10.5 Å². The third-order valence-electron chi connectivity index (χ3n) is 4.65. The van der Waals surface area contributed by atoms with Crippen LogP contribution in [0.15, 0.2) is 35.2 Å². The van der Waals surface area contributed by atoms with Crippen molar-refractivity contribution in [1.29, 1.82) is 0 Å². The van der Waals surface area contributed by atoms with Crippen LogP contribution in [-0.4, -0.2) is 15.5 Å². The van der Waals surface area contributed by atoms with E-state index in [1.165, 1.54) is 7.11 Å². The summed E-state index contributed by atoms with van der Waals surface area (Å²) in [4.78, 5) is 0.211. The molecule has 0 radical (unpaired) electrons. The second-order valence-electron chi connectivity index (χ2n) is 6.64. The van der Waals surface area contributed by atoms with E-state index < -0.39 is 10.0 Å². The highest BCUT2D eigenvalue weighted by atomic mass is 35.5. The van der Waals surface area contributed by atoms with Gasteiger partial charge in [-0.3, -0.25) is 0 Å². The van der Waals surface area contributed by atoms with Gasteiger partial charge in [-0.2, -0.15) is 0 Å². The Morgan fingerprint density at radius 3 is 2.62 bits per heavy atom. The fourth-order valence-corrected chi connectivity index (χ4v) is 5.24. The van der Waals surface area contributed by atoms with E-state index in [1.54, 1.807) is 13.0 Å². The summed E-state index contributed by atoms with van der Waals surface area (Å²) in [5.74, 6) is 0.373. The Bertz CT molecular complexity index is 913. The van der Waals surface area contributed by atoms with E-state index in [4.69, 9.17) is 10.5 Å². The Morgan fingerprint density at radius 2 is 1.92 bits per heavy atom. The number of rotatable bonds is 4. The molecule has 1 aliphatic carbocycles. The lowest BCUT2D eigenvalue weighted by atomic mass is 9.88. The number of halogens is 1. The monoisotopic (exact) mass is 396 g/mol. The Kier molecular flexibility index (Phi) is 6.21. The molecular weight excluding hydrogens is 372 g/mol. The van der Waals surface area contributed by atoms with Gasteiger partial charge in [0.05, 0.1) is 7.11 Å². The first-order valence-electron chi connectivity index (χ1n) is 8.37. The van der Waals surface area contributed by atoms with Crippen molar-refractivity contribution in [2.75, 3.05) is 12.8 Å². The molecule has 1 aliphatic rings. The first-order chi connectivity index (χ1) is 11.8. The van der Waals surface area contributed by atoms with Crippen molar-refractivity contribution in [1.82, 2.24) is 4.72 Å². The molecule has 0 amide bonds. The van der Waals surface area contributed by atoms with Crippen LogP contribution in [0.5, 0.6) is 5.75 Å². The molecule has 7 heteroatoms. The van der Waals surface area contributed by atoms with Crippen molar-refractivity contribution < 1.29 is 13.2 Å². The number of benzene rings is 2. The van der Waals surface area contributed by atoms with Gasteiger partial charge in [0.25, 0.3) is 0 Å². The number of hydrogen-bond acceptors (Lipinski definition) is 4. The number of sulfonamides is 1. The molecule has 3 rings (SSSR count). The minimum Gasteiger partial charge on any atom is -0.495 e. The molecule has 1 atom stereocenters. The zero-order chi connectivity index (χ0) is 18.2. The smallest absolute Gasteiger partial charge is 0.245 e. The van der Waals surface area contributed by atoms with E-state index in [2.05, 4.69) is 4.72 Å². The SMILES string of the molecule is COc1cc(C)cc(C)c1S(=O)(=O)NC1CCCc2cc(N)ccc21.Cl. The van der Waals surface area contributed by atoms with Gasteiger partial charge in [-0.15, -0.1) is 12.4 Å². The molecule has 0 fully saturated rings. The number of anilines is 1. The third-order valence-corrected chi connectivity index (χ3v) is 6.31. The average molecular weight is 397 g/mol. The summed E-state index contributed by atoms with van der Waals surface area (Å²) in [5, 5.41) is 0. The molecule has 0 saturated heterocycles. The summed E-state index contributed by atoms with van der Waals surface area (Å²) in [6.45, 7) is 3.71. The molecule has 0 aromatic heterocycles. The molecule has 0 heterocycles. The van der Waals surface area contributed by atoms with Gasteiger partial charge in [-0.25, -0.2) is 13.1 Å². The Balaban J connectivity index is 0.00000243. The van der Waals surface area contributed by atoms with E-state index >= 15 is 0 Å². The molecule has 2 aromatic carbocycles. The second kappa shape index (κ2) is 7.86. The molecule has 142 valence electrons. The fourth-order valence-electron chi connectivity index (χ4n) is 3.61. The van der Waals surface area contributed by atoms with Crippen LogP contribution in [0.25, 0.3) is 0 Å². The summed E-state index contributed by atoms with van der Waals surface area (Å²) in [6, 6.07) is 9.04. The van der Waals surface area contributed by atoms with Crippen LogP contribution >= 0.6 is 12.4 Å². The van der Waals surface area contributed by atoms with Gasteiger partial charge in [0.15, 0.2) is 0 Å². The first-order valence-corrected chi connectivity index (χ1v) is 9.86. The Morgan fingerprint density at radius 1 is 1.19 bits per heavy atom. The highest BCUT2D eigenvalue weighted by molar-refractivity contribution is 7.89. The van der Waals surface area contributed by atoms with Crippen LogP contribution in [-0.2, 0) is 16.4 Å². The van der Waals surface area contributed by atoms with Gasteiger partial charge in [0, 0.05) is 11.7 Å². The highest BCUT2D eigenvalue weighted by Gasteiger charge is 2.29. The van der Waals surface area contributed by atoms with Crippen molar-refractivity contribution in [2.24, 2.45) is 0 Å². The summed E-state index contributed by atoms with van der Waals surface area (Å²) < 4.78 is 34.4. The number of aryl methyl sites for hydroxylation is 3. The zero-order valence-electron chi connectivity index (χ0n) is 15.2. The van der Waals surface area contributed by atoms with E-state index in [0.717, 1.165) is 36.0 Å². The predicted molar refractivity (Wildman–Crippen MR) is 107 cm³/mol. The normalized spacial score (nSPS) is 16.5. The summed E-state index contributed by atoms with van der Waals surface area (Å²) in [7, 11) is -2.22. The minimum absolute atomic E-state index is 0. The van der Waals surface area contributed by atoms with Crippen molar-refractivity contribution in [3.63, 3.8) is 0 Å². The molecule has 26 heavy (non-hydrogen) atoms. The van der Waals surface area contributed by atoms with Gasteiger partial charge in [0.2, 0.25) is 10.0 Å².